The van der Waals surface area contributed by atoms with Gasteiger partial charge in [0, 0.05) is 6.04 Å². The molecule has 1 heterocycles. The Bertz CT molecular complexity index is 836. The molecule has 0 unspecified atom stereocenters. The molecule has 2 aromatic rings. The quantitative estimate of drug-likeness (QED) is 0.808. The van der Waals surface area contributed by atoms with Gasteiger partial charge in [0.05, 0.1) is 6.04 Å². The molecule has 144 valence electrons. The van der Waals surface area contributed by atoms with Crippen molar-refractivity contribution in [3.05, 3.63) is 48.0 Å². The lowest BCUT2D eigenvalue weighted by Crippen LogP contribution is -2.46. The van der Waals surface area contributed by atoms with Crippen molar-refractivity contribution >= 4 is 16.9 Å². The van der Waals surface area contributed by atoms with Gasteiger partial charge in [-0.1, -0.05) is 48.9 Å². The molecule has 4 rings (SSSR count). The number of benzene rings is 2. The summed E-state index contributed by atoms with van der Waals surface area (Å²) in [5.74, 6) is 0.465. The molecular formula is C23H29NO3. The molecule has 1 aliphatic carbocycles. The maximum absolute atomic E-state index is 13.0. The van der Waals surface area contributed by atoms with Crippen LogP contribution in [0.1, 0.15) is 58.1 Å². The van der Waals surface area contributed by atoms with Crippen molar-refractivity contribution in [1.29, 1.82) is 0 Å². The van der Waals surface area contributed by atoms with Crippen LogP contribution in [-0.2, 0) is 4.74 Å². The lowest BCUT2D eigenvalue weighted by molar-refractivity contribution is -0.00478. The maximum Gasteiger partial charge on any atom is 0.410 e. The van der Waals surface area contributed by atoms with Gasteiger partial charge in [0.25, 0.3) is 0 Å². The molecule has 1 amide bonds. The molecule has 2 aromatic carbocycles. The molecule has 0 radical (unpaired) electrons. The van der Waals surface area contributed by atoms with Crippen LogP contribution in [0.4, 0.5) is 4.79 Å². The highest BCUT2D eigenvalue weighted by atomic mass is 16.6. The Labute approximate surface area is 161 Å². The second kappa shape index (κ2) is 6.83. The number of hydrogen-bond donors (Lipinski definition) is 1. The van der Waals surface area contributed by atoms with Gasteiger partial charge in [0.1, 0.15) is 11.7 Å². The number of aliphatic hydroxyl groups is 1. The van der Waals surface area contributed by atoms with Gasteiger partial charge in [-0.15, -0.1) is 0 Å². The fraction of sp³-hybridized carbons (Fsp3) is 0.522. The monoisotopic (exact) mass is 367 g/mol. The van der Waals surface area contributed by atoms with Crippen LogP contribution in [0.5, 0.6) is 0 Å². The van der Waals surface area contributed by atoms with Crippen LogP contribution < -0.4 is 0 Å². The minimum absolute atomic E-state index is 0.189. The van der Waals surface area contributed by atoms with Crippen molar-refractivity contribution < 1.29 is 14.6 Å². The number of rotatable bonds is 2. The van der Waals surface area contributed by atoms with Gasteiger partial charge < -0.3 is 9.84 Å². The van der Waals surface area contributed by atoms with E-state index in [1.807, 2.05) is 56.0 Å². The van der Waals surface area contributed by atoms with Gasteiger partial charge in [-0.25, -0.2) is 4.79 Å². The predicted octanol–water partition coefficient (Wildman–Crippen LogP) is 5.05. The smallest absolute Gasteiger partial charge is 0.410 e. The molecule has 0 spiro atoms. The van der Waals surface area contributed by atoms with Crippen LogP contribution in [0.3, 0.4) is 0 Å². The Morgan fingerprint density at radius 1 is 1.15 bits per heavy atom. The third-order valence-electron chi connectivity index (χ3n) is 5.99. The van der Waals surface area contributed by atoms with Gasteiger partial charge in [0.2, 0.25) is 0 Å². The van der Waals surface area contributed by atoms with E-state index in [0.717, 1.165) is 42.0 Å². The fourth-order valence-electron chi connectivity index (χ4n) is 4.91. The minimum Gasteiger partial charge on any atom is -0.444 e. The first-order valence-electron chi connectivity index (χ1n) is 10.0. The average molecular weight is 367 g/mol. The Hall–Kier alpha value is -2.07. The van der Waals surface area contributed by atoms with E-state index in [1.54, 1.807) is 0 Å². The fourth-order valence-corrected chi connectivity index (χ4v) is 4.91. The largest absolute Gasteiger partial charge is 0.444 e. The van der Waals surface area contributed by atoms with E-state index in [4.69, 9.17) is 4.74 Å². The summed E-state index contributed by atoms with van der Waals surface area (Å²) in [7, 11) is 0. The molecule has 1 saturated heterocycles. The number of carbonyl (C=O) groups is 1. The molecule has 27 heavy (non-hydrogen) atoms. The van der Waals surface area contributed by atoms with Gasteiger partial charge in [-0.05, 0) is 62.3 Å². The summed E-state index contributed by atoms with van der Waals surface area (Å²) >= 11 is 0. The first-order valence-corrected chi connectivity index (χ1v) is 10.0. The van der Waals surface area contributed by atoms with E-state index in [9.17, 15) is 9.90 Å². The number of likely N-dealkylation sites (tertiary alicyclic amines) is 1. The van der Waals surface area contributed by atoms with Gasteiger partial charge >= 0.3 is 6.09 Å². The number of aliphatic hydroxyl groups excluding tert-OH is 1. The molecule has 2 fully saturated rings. The number of hydrogen-bond acceptors (Lipinski definition) is 3. The predicted molar refractivity (Wildman–Crippen MR) is 107 cm³/mol. The molecular weight excluding hydrogens is 338 g/mol. The summed E-state index contributed by atoms with van der Waals surface area (Å²) in [5.41, 5.74) is 0.356. The molecule has 4 heteroatoms. The lowest BCUT2D eigenvalue weighted by Gasteiger charge is -2.34. The molecule has 0 aromatic heterocycles. The van der Waals surface area contributed by atoms with E-state index in [2.05, 4.69) is 12.1 Å². The van der Waals surface area contributed by atoms with Crippen LogP contribution in [0.15, 0.2) is 42.5 Å². The van der Waals surface area contributed by atoms with Gasteiger partial charge in [-0.2, -0.15) is 0 Å². The van der Waals surface area contributed by atoms with E-state index in [0.29, 0.717) is 5.92 Å². The minimum atomic E-state index is -0.714. The SMILES string of the molecule is CC(C)(C)OC(=O)N1[C@@H]2CCC[C@@H]2C[C@H]1[C@H](O)c1cccc2ccccc12. The van der Waals surface area contributed by atoms with Crippen molar-refractivity contribution in [2.24, 2.45) is 5.92 Å². The number of ether oxygens (including phenoxy) is 1. The molecule has 1 N–H and O–H groups in total. The second-order valence-electron chi connectivity index (χ2n) is 8.96. The summed E-state index contributed by atoms with van der Waals surface area (Å²) in [6.07, 6.45) is 3.11. The van der Waals surface area contributed by atoms with Crippen LogP contribution >= 0.6 is 0 Å². The van der Waals surface area contributed by atoms with Crippen LogP contribution in [0.2, 0.25) is 0 Å². The summed E-state index contributed by atoms with van der Waals surface area (Å²) in [5, 5.41) is 13.5. The summed E-state index contributed by atoms with van der Waals surface area (Å²) in [6.45, 7) is 5.68. The Kier molecular flexibility index (Phi) is 4.63. The summed E-state index contributed by atoms with van der Waals surface area (Å²) in [6, 6.07) is 14.1. The summed E-state index contributed by atoms with van der Waals surface area (Å²) in [4.78, 5) is 14.9. The van der Waals surface area contributed by atoms with Crippen molar-refractivity contribution in [3.63, 3.8) is 0 Å². The molecule has 4 nitrogen and oxygen atoms in total. The zero-order valence-electron chi connectivity index (χ0n) is 16.4. The number of carbonyl (C=O) groups excluding carboxylic acids is 1. The van der Waals surface area contributed by atoms with Crippen LogP contribution in [0.25, 0.3) is 10.8 Å². The summed E-state index contributed by atoms with van der Waals surface area (Å²) < 4.78 is 5.71. The maximum atomic E-state index is 13.0. The average Bonchev–Trinajstić information content (AvgIpc) is 3.19. The van der Waals surface area contributed by atoms with Crippen molar-refractivity contribution in [3.8, 4) is 0 Å². The van der Waals surface area contributed by atoms with Crippen molar-refractivity contribution in [1.82, 2.24) is 4.90 Å². The first-order chi connectivity index (χ1) is 12.8. The highest BCUT2D eigenvalue weighted by Crippen LogP contribution is 2.46. The van der Waals surface area contributed by atoms with Crippen molar-refractivity contribution in [2.75, 3.05) is 0 Å². The van der Waals surface area contributed by atoms with Crippen LogP contribution in [0, 0.1) is 5.92 Å². The lowest BCUT2D eigenvalue weighted by atomic mass is 9.92. The standard InChI is InChI=1S/C23H29NO3/c1-23(2,3)27-22(26)24-19-13-7-10-16(19)14-20(24)21(25)18-12-6-9-15-8-4-5-11-17(15)18/h4-6,8-9,11-12,16,19-21,25H,7,10,13-14H2,1-3H3/t16-,19-,20+,21-/m1/s1. The Morgan fingerprint density at radius 3 is 2.67 bits per heavy atom. The van der Waals surface area contributed by atoms with Crippen molar-refractivity contribution in [2.45, 2.75) is 70.2 Å². The molecule has 2 aliphatic rings. The van der Waals surface area contributed by atoms with E-state index in [-0.39, 0.29) is 18.2 Å². The van der Waals surface area contributed by atoms with Gasteiger partial charge in [0.15, 0.2) is 0 Å². The van der Waals surface area contributed by atoms with E-state index < -0.39 is 11.7 Å². The third kappa shape index (κ3) is 3.43. The first kappa shape index (κ1) is 18.3. The van der Waals surface area contributed by atoms with Crippen LogP contribution in [-0.4, -0.2) is 33.8 Å². The normalized spacial score (nSPS) is 26.2. The Morgan fingerprint density at radius 2 is 1.89 bits per heavy atom. The number of nitrogens with zero attached hydrogens (tertiary/aromatic N) is 1. The third-order valence-corrected chi connectivity index (χ3v) is 5.99. The zero-order valence-corrected chi connectivity index (χ0v) is 16.4. The molecule has 1 aliphatic heterocycles. The highest BCUT2D eigenvalue weighted by molar-refractivity contribution is 5.86. The molecule has 4 atom stereocenters. The van der Waals surface area contributed by atoms with E-state index >= 15 is 0 Å². The molecule has 0 bridgehead atoms. The van der Waals surface area contributed by atoms with E-state index in [1.165, 1.54) is 0 Å². The second-order valence-corrected chi connectivity index (χ2v) is 8.96. The van der Waals surface area contributed by atoms with Gasteiger partial charge in [-0.3, -0.25) is 4.90 Å². The Balaban J connectivity index is 1.68. The zero-order chi connectivity index (χ0) is 19.2. The number of fused-ring (bicyclic) bond motifs is 2. The highest BCUT2D eigenvalue weighted by Gasteiger charge is 2.49. The number of amides is 1. The topological polar surface area (TPSA) is 49.8 Å². The molecule has 1 saturated carbocycles.